The van der Waals surface area contributed by atoms with E-state index in [9.17, 15) is 15.0 Å². The molecule has 0 saturated heterocycles. The van der Waals surface area contributed by atoms with Gasteiger partial charge in [-0.3, -0.25) is 4.79 Å². The van der Waals surface area contributed by atoms with Gasteiger partial charge >= 0.3 is 29.6 Å². The van der Waals surface area contributed by atoms with Crippen LogP contribution in [0.3, 0.4) is 0 Å². The van der Waals surface area contributed by atoms with Crippen molar-refractivity contribution in [1.82, 2.24) is 60.0 Å². The number of ketones is 1. The third-order valence-corrected chi connectivity index (χ3v) is 13.5. The van der Waals surface area contributed by atoms with E-state index in [4.69, 9.17) is 65.9 Å². The summed E-state index contributed by atoms with van der Waals surface area (Å²) in [6, 6.07) is 42.3. The molecule has 4 heterocycles. The number of aryl methyl sites for hydroxylation is 4. The fourth-order valence-electron chi connectivity index (χ4n) is 8.18. The summed E-state index contributed by atoms with van der Waals surface area (Å²) in [5.41, 5.74) is 13.7. The smallest absolute Gasteiger partial charge is 0.662 e. The van der Waals surface area contributed by atoms with Gasteiger partial charge in [-0.2, -0.15) is 0 Å². The Morgan fingerprint density at radius 3 is 1.12 bits per heavy atom. The van der Waals surface area contributed by atoms with Crippen molar-refractivity contribution in [3.63, 3.8) is 0 Å². The molecule has 0 amide bonds. The minimum absolute atomic E-state index is 0. The predicted molar refractivity (Wildman–Crippen MR) is 376 cm³/mol. The Hall–Kier alpha value is -7.74. The number of ether oxygens (including phenoxy) is 2. The van der Waals surface area contributed by atoms with Crippen molar-refractivity contribution in [2.75, 3.05) is 18.5 Å². The number of benzene rings is 8. The van der Waals surface area contributed by atoms with E-state index in [2.05, 4.69) is 87.9 Å². The molecule has 0 bridgehead atoms. The number of fused-ring (bicyclic) bond motifs is 4. The Labute approximate surface area is 621 Å². The molecule has 0 fully saturated rings. The predicted octanol–water partition coefficient (Wildman–Crippen LogP) is 12.0. The fourth-order valence-corrected chi connectivity index (χ4v) is 8.85. The molecule has 0 aliphatic rings. The van der Waals surface area contributed by atoms with E-state index >= 15 is 0 Å². The van der Waals surface area contributed by atoms with Gasteiger partial charge in [0, 0.05) is 60.5 Å². The van der Waals surface area contributed by atoms with E-state index < -0.39 is 0 Å². The van der Waals surface area contributed by atoms with Crippen LogP contribution in [0.4, 0.5) is 0 Å². The number of hydrogen-bond donors (Lipinski definition) is 2. The standard InChI is InChI=1S/3C16H14ClN3O.C13H10ClN3O.C3H5Br.C3H6O.CH2O3.2Na/c2*1-3-8-21-16-7-4-11(2)9-15(16)20-18-13-6-5-12(17)10-14(13)19-20;1-3-4-11-7-10(2)8-15(16(11)21)20-18-13-6-5-12(17)9-14(13)19-20;1-8-2-5-13(18)12(6-8)17-15-10-4-3-9(14)7-11(10)16-17;1-2-3-4;1-3(2)4;2-1-4-3;;/h2*3-7,9-10H,1,8H2,2H3;3,5-9,21H,1,4H2,2H3;2-7,18H,1H3;2H,1,3H2;1-2H3;1,3H;;/q;;;;;;;;+1/p-1. The average molecular weight is 1450 g/mol. The number of halogens is 5. The molecule has 0 unspecified atom stereocenters. The van der Waals surface area contributed by atoms with Gasteiger partial charge in [-0.05, 0) is 185 Å². The van der Waals surface area contributed by atoms with Crippen LogP contribution in [0, 0.1) is 27.7 Å². The first kappa shape index (κ1) is 79.7. The molecule has 0 aliphatic carbocycles. The zero-order valence-corrected chi connectivity index (χ0v) is 62.0. The van der Waals surface area contributed by atoms with Gasteiger partial charge in [0.25, 0.3) is 6.47 Å². The molecule has 20 nitrogen and oxygen atoms in total. The third kappa shape index (κ3) is 23.8. The summed E-state index contributed by atoms with van der Waals surface area (Å²) >= 11 is 27.0. The Morgan fingerprint density at radius 2 is 0.789 bits per heavy atom. The quantitative estimate of drug-likeness (QED) is 0.0256. The number of nitrogens with zero attached hydrogens (tertiary/aromatic N) is 12. The van der Waals surface area contributed by atoms with Crippen molar-refractivity contribution in [2.24, 2.45) is 0 Å². The van der Waals surface area contributed by atoms with E-state index in [1.807, 2.05) is 100 Å². The van der Waals surface area contributed by atoms with E-state index in [0.717, 1.165) is 77.6 Å². The number of hydrogen-bond acceptors (Lipinski definition) is 16. The molecule has 12 rings (SSSR count). The number of Topliss-reactive ketones (excluding diaryl/α,β-unsaturated/α-hetero) is 1. The number of aromatic nitrogens is 12. The summed E-state index contributed by atoms with van der Waals surface area (Å²) in [6.07, 6.45) is 7.55. The summed E-state index contributed by atoms with van der Waals surface area (Å²) in [5, 5.41) is 67.4. The first-order chi connectivity index (χ1) is 44.6. The number of alkyl halides is 1. The van der Waals surface area contributed by atoms with Gasteiger partial charge < -0.3 is 34.6 Å². The zero-order chi connectivity index (χ0) is 67.7. The van der Waals surface area contributed by atoms with Crippen molar-refractivity contribution in [2.45, 2.75) is 48.0 Å². The first-order valence-corrected chi connectivity index (χ1v) is 30.7. The van der Waals surface area contributed by atoms with Crippen LogP contribution in [-0.4, -0.2) is 131 Å². The summed E-state index contributed by atoms with van der Waals surface area (Å²) in [6.45, 7) is 26.2. The molecule has 2 N–H and O–H groups in total. The topological polar surface area (TPSA) is 248 Å². The van der Waals surface area contributed by atoms with E-state index in [1.54, 1.807) is 101 Å². The van der Waals surface area contributed by atoms with Gasteiger partial charge in [0.1, 0.15) is 109 Å². The van der Waals surface area contributed by atoms with Crippen LogP contribution < -0.4 is 44.3 Å². The second kappa shape index (κ2) is 40.0. The van der Waals surface area contributed by atoms with Crippen LogP contribution in [-0.2, 0) is 20.9 Å². The van der Waals surface area contributed by atoms with Crippen LogP contribution in [0.25, 0.3) is 66.9 Å². The average Bonchev–Trinajstić information content (AvgIpc) is 1.74. The Kier molecular flexibility index (Phi) is 33.5. The molecule has 0 aliphatic heterocycles. The normalized spacial score (nSPS) is 10.0. The third-order valence-electron chi connectivity index (χ3n) is 12.1. The maximum absolute atomic E-state index is 10.4. The molecule has 1 radical (unpaired) electrons. The molecule has 481 valence electrons. The summed E-state index contributed by atoms with van der Waals surface area (Å²) in [5.74, 6) is 1.91. The van der Waals surface area contributed by atoms with E-state index in [0.29, 0.717) is 73.6 Å². The van der Waals surface area contributed by atoms with Crippen LogP contribution in [0.15, 0.2) is 190 Å². The van der Waals surface area contributed by atoms with Crippen molar-refractivity contribution >= 4 is 148 Å². The Balaban J connectivity index is 0.000000253. The SMILES string of the molecule is C=CCBr.C=CCOc1ccc(C)cc1-n1nc2ccc(Cl)cc2n1.C=CCOc1ccc(C)cc1-n1nc2ccc(Cl)cc2n1.C=CCc1cc(C)cc(-n2nc3ccc(Cl)cc3n2)c1O.CC(C)=O.Cc1ccc(O)c(-n2nc3ccc(Cl)cc3n2)c1.O=CO[O-].[Na+].[Na]. The number of carbonyl (C=O) groups is 2. The number of phenolic OH excluding ortho intramolecular Hbond substituents is 2. The largest absolute Gasteiger partial charge is 1.00 e. The molecular formula is C68H64BrCl4N12Na2O8. The number of allylic oxidation sites excluding steroid dienone is 2. The van der Waals surface area contributed by atoms with Crippen molar-refractivity contribution in [3.8, 4) is 45.7 Å². The summed E-state index contributed by atoms with van der Waals surface area (Å²) in [7, 11) is 0. The maximum atomic E-state index is 10.4. The second-order valence-corrected chi connectivity index (χ2v) is 22.3. The molecule has 0 atom stereocenters. The van der Waals surface area contributed by atoms with Gasteiger partial charge in [0.15, 0.2) is 0 Å². The van der Waals surface area contributed by atoms with Crippen molar-refractivity contribution < 1.29 is 69.0 Å². The number of phenols is 2. The van der Waals surface area contributed by atoms with Crippen LogP contribution in [0.2, 0.25) is 20.1 Å². The van der Waals surface area contributed by atoms with Crippen LogP contribution >= 0.6 is 62.3 Å². The van der Waals surface area contributed by atoms with Gasteiger partial charge in [-0.15, -0.1) is 73.1 Å². The number of carbonyl (C=O) groups excluding carboxylic acids is 2. The van der Waals surface area contributed by atoms with Gasteiger partial charge in [0.05, 0.1) is 0 Å². The zero-order valence-electron chi connectivity index (χ0n) is 53.4. The molecule has 95 heavy (non-hydrogen) atoms. The minimum atomic E-state index is -0.181. The van der Waals surface area contributed by atoms with Gasteiger partial charge in [0.2, 0.25) is 0 Å². The summed E-state index contributed by atoms with van der Waals surface area (Å²) in [4.78, 5) is 26.7. The van der Waals surface area contributed by atoms with Crippen LogP contribution in [0.1, 0.15) is 41.7 Å². The first-order valence-electron chi connectivity index (χ1n) is 28.0. The van der Waals surface area contributed by atoms with Gasteiger partial charge in [-0.25, -0.2) is 0 Å². The molecule has 12 aromatic rings. The fraction of sp³-hybridized carbons (Fsp3) is 0.147. The monoisotopic (exact) mass is 1440 g/mol. The minimum Gasteiger partial charge on any atom is -0.662 e. The molecule has 4 aromatic heterocycles. The van der Waals surface area contributed by atoms with Gasteiger partial charge in [-0.1, -0.05) is 124 Å². The molecular weight excluding hydrogens is 1380 g/mol. The second-order valence-electron chi connectivity index (χ2n) is 20.0. The van der Waals surface area contributed by atoms with E-state index in [-0.39, 0.29) is 82.9 Å². The molecule has 8 aromatic carbocycles. The maximum Gasteiger partial charge on any atom is 1.00 e. The molecule has 0 spiro atoms. The Bertz CT molecular complexity index is 4430. The van der Waals surface area contributed by atoms with Crippen molar-refractivity contribution in [1.29, 1.82) is 0 Å². The number of aromatic hydroxyl groups is 2. The number of rotatable bonds is 14. The molecule has 27 heteroatoms. The Morgan fingerprint density at radius 1 is 0.484 bits per heavy atom. The van der Waals surface area contributed by atoms with Crippen LogP contribution in [0.5, 0.6) is 23.0 Å². The van der Waals surface area contributed by atoms with E-state index in [1.165, 1.54) is 23.4 Å². The molecule has 0 saturated carbocycles. The van der Waals surface area contributed by atoms with Crippen molar-refractivity contribution in [3.05, 3.63) is 238 Å². The summed E-state index contributed by atoms with van der Waals surface area (Å²) < 4.78 is 11.3.